The fourth-order valence-electron chi connectivity index (χ4n) is 1.90. The smallest absolute Gasteiger partial charge is 0.303 e. The highest BCUT2D eigenvalue weighted by atomic mass is 16.4. The summed E-state index contributed by atoms with van der Waals surface area (Å²) in [5, 5.41) is 17.5. The molecule has 0 aromatic heterocycles. The maximum Gasteiger partial charge on any atom is 0.303 e. The molecular weight excluding hydrogens is 232 g/mol. The van der Waals surface area contributed by atoms with Gasteiger partial charge in [0.1, 0.15) is 0 Å². The third-order valence-electron chi connectivity index (χ3n) is 2.89. The van der Waals surface area contributed by atoms with Crippen molar-refractivity contribution in [2.75, 3.05) is 0 Å². The SMILES string of the molecule is Cc1ccc(CCC(CC(=O)O)CC(=O)O)cc1. The van der Waals surface area contributed by atoms with Gasteiger partial charge < -0.3 is 10.2 Å². The van der Waals surface area contributed by atoms with Crippen LogP contribution in [0, 0.1) is 12.8 Å². The summed E-state index contributed by atoms with van der Waals surface area (Å²) in [4.78, 5) is 21.3. The van der Waals surface area contributed by atoms with Crippen LogP contribution in [-0.4, -0.2) is 22.2 Å². The van der Waals surface area contributed by atoms with Crippen LogP contribution >= 0.6 is 0 Å². The highest BCUT2D eigenvalue weighted by molar-refractivity contribution is 5.70. The Morgan fingerprint density at radius 3 is 2.00 bits per heavy atom. The molecule has 0 radical (unpaired) electrons. The molecule has 4 nitrogen and oxygen atoms in total. The van der Waals surface area contributed by atoms with Gasteiger partial charge in [-0.25, -0.2) is 0 Å². The minimum atomic E-state index is -0.940. The first-order valence-electron chi connectivity index (χ1n) is 5.96. The zero-order valence-electron chi connectivity index (χ0n) is 10.4. The van der Waals surface area contributed by atoms with E-state index in [4.69, 9.17) is 10.2 Å². The number of hydrogen-bond donors (Lipinski definition) is 2. The molecule has 1 rings (SSSR count). The van der Waals surface area contributed by atoms with Gasteiger partial charge >= 0.3 is 11.9 Å². The maximum absolute atomic E-state index is 10.7. The lowest BCUT2D eigenvalue weighted by Gasteiger charge is -2.12. The van der Waals surface area contributed by atoms with Gasteiger partial charge in [0.25, 0.3) is 0 Å². The Hall–Kier alpha value is -1.84. The monoisotopic (exact) mass is 250 g/mol. The van der Waals surface area contributed by atoms with Gasteiger partial charge in [-0.2, -0.15) is 0 Å². The van der Waals surface area contributed by atoms with Crippen molar-refractivity contribution in [1.82, 2.24) is 0 Å². The van der Waals surface area contributed by atoms with Gasteiger partial charge in [0.05, 0.1) is 0 Å². The van der Waals surface area contributed by atoms with Crippen molar-refractivity contribution < 1.29 is 19.8 Å². The molecule has 4 heteroatoms. The van der Waals surface area contributed by atoms with Crippen molar-refractivity contribution in [3.05, 3.63) is 35.4 Å². The predicted octanol–water partition coefficient (Wildman–Crippen LogP) is 2.49. The van der Waals surface area contributed by atoms with Crippen molar-refractivity contribution in [3.63, 3.8) is 0 Å². The Morgan fingerprint density at radius 2 is 1.56 bits per heavy atom. The first-order chi connectivity index (χ1) is 8.47. The van der Waals surface area contributed by atoms with Crippen LogP contribution in [0.1, 0.15) is 30.4 Å². The molecule has 0 unspecified atom stereocenters. The molecule has 0 saturated carbocycles. The molecule has 1 aromatic rings. The van der Waals surface area contributed by atoms with E-state index in [9.17, 15) is 9.59 Å². The molecule has 0 atom stereocenters. The summed E-state index contributed by atoms with van der Waals surface area (Å²) in [6.07, 6.45) is 1.13. The molecule has 18 heavy (non-hydrogen) atoms. The van der Waals surface area contributed by atoms with E-state index < -0.39 is 11.9 Å². The van der Waals surface area contributed by atoms with Crippen LogP contribution in [0.25, 0.3) is 0 Å². The molecule has 0 aliphatic carbocycles. The molecule has 98 valence electrons. The van der Waals surface area contributed by atoms with E-state index in [0.29, 0.717) is 12.8 Å². The molecule has 1 aromatic carbocycles. The normalized spacial score (nSPS) is 10.6. The highest BCUT2D eigenvalue weighted by Gasteiger charge is 2.16. The lowest BCUT2D eigenvalue weighted by molar-refractivity contribution is -0.140. The number of rotatable bonds is 7. The molecule has 0 fully saturated rings. The second-order valence-corrected chi connectivity index (χ2v) is 4.59. The first kappa shape index (κ1) is 14.2. The second-order valence-electron chi connectivity index (χ2n) is 4.59. The summed E-state index contributed by atoms with van der Waals surface area (Å²) < 4.78 is 0. The molecule has 0 bridgehead atoms. The van der Waals surface area contributed by atoms with Gasteiger partial charge in [-0.15, -0.1) is 0 Å². The molecule has 0 aliphatic heterocycles. The summed E-state index contributed by atoms with van der Waals surface area (Å²) >= 11 is 0. The lowest BCUT2D eigenvalue weighted by Crippen LogP contribution is -2.13. The number of carbonyl (C=O) groups is 2. The fraction of sp³-hybridized carbons (Fsp3) is 0.429. The van der Waals surface area contributed by atoms with Crippen LogP contribution < -0.4 is 0 Å². The van der Waals surface area contributed by atoms with Gasteiger partial charge in [-0.1, -0.05) is 29.8 Å². The largest absolute Gasteiger partial charge is 0.481 e. The number of hydrogen-bond acceptors (Lipinski definition) is 2. The van der Waals surface area contributed by atoms with E-state index in [2.05, 4.69) is 0 Å². The highest BCUT2D eigenvalue weighted by Crippen LogP contribution is 2.17. The Labute approximate surface area is 106 Å². The Balaban J connectivity index is 2.52. The molecule has 2 N–H and O–H groups in total. The van der Waals surface area contributed by atoms with E-state index in [1.165, 1.54) is 5.56 Å². The number of aliphatic carboxylic acids is 2. The number of benzene rings is 1. The van der Waals surface area contributed by atoms with Crippen molar-refractivity contribution in [2.45, 2.75) is 32.6 Å². The quantitative estimate of drug-likeness (QED) is 0.779. The zero-order chi connectivity index (χ0) is 13.5. The first-order valence-corrected chi connectivity index (χ1v) is 5.96. The number of carboxylic acid groups (broad SMARTS) is 2. The zero-order valence-corrected chi connectivity index (χ0v) is 10.4. The van der Waals surface area contributed by atoms with Gasteiger partial charge in [0.15, 0.2) is 0 Å². The third-order valence-corrected chi connectivity index (χ3v) is 2.89. The van der Waals surface area contributed by atoms with Gasteiger partial charge in [-0.05, 0) is 31.2 Å². The van der Waals surface area contributed by atoms with Crippen molar-refractivity contribution in [3.8, 4) is 0 Å². The van der Waals surface area contributed by atoms with Crippen molar-refractivity contribution in [2.24, 2.45) is 5.92 Å². The molecule has 0 aliphatic rings. The summed E-state index contributed by atoms with van der Waals surface area (Å²) in [7, 11) is 0. The minimum Gasteiger partial charge on any atom is -0.481 e. The van der Waals surface area contributed by atoms with E-state index in [1.54, 1.807) is 0 Å². The number of carboxylic acids is 2. The Kier molecular flexibility index (Phi) is 5.36. The van der Waals surface area contributed by atoms with Crippen molar-refractivity contribution >= 4 is 11.9 Å². The molecule has 0 heterocycles. The second kappa shape index (κ2) is 6.79. The number of aryl methyl sites for hydroxylation is 2. The summed E-state index contributed by atoms with van der Waals surface area (Å²) in [5.41, 5.74) is 2.28. The van der Waals surface area contributed by atoms with Crippen LogP contribution in [0.4, 0.5) is 0 Å². The maximum atomic E-state index is 10.7. The average Bonchev–Trinajstić information content (AvgIpc) is 2.26. The molecule has 0 spiro atoms. The fourth-order valence-corrected chi connectivity index (χ4v) is 1.90. The van der Waals surface area contributed by atoms with Gasteiger partial charge in [0.2, 0.25) is 0 Å². The van der Waals surface area contributed by atoms with Crippen LogP contribution in [0.15, 0.2) is 24.3 Å². The standard InChI is InChI=1S/C14H18O4/c1-10-2-4-11(5-3-10)6-7-12(8-13(15)16)9-14(17)18/h2-5,12H,6-9H2,1H3,(H,15,16)(H,17,18). The third kappa shape index (κ3) is 5.48. The molecule has 0 saturated heterocycles. The topological polar surface area (TPSA) is 74.6 Å². The van der Waals surface area contributed by atoms with E-state index >= 15 is 0 Å². The predicted molar refractivity (Wildman–Crippen MR) is 67.5 cm³/mol. The Bertz CT molecular complexity index is 392. The average molecular weight is 250 g/mol. The Morgan fingerprint density at radius 1 is 1.06 bits per heavy atom. The van der Waals surface area contributed by atoms with E-state index in [1.807, 2.05) is 31.2 Å². The van der Waals surface area contributed by atoms with Crippen LogP contribution in [-0.2, 0) is 16.0 Å². The summed E-state index contributed by atoms with van der Waals surface area (Å²) in [6.45, 7) is 2.00. The van der Waals surface area contributed by atoms with Gasteiger partial charge in [0, 0.05) is 12.8 Å². The summed E-state index contributed by atoms with van der Waals surface area (Å²) in [6, 6.07) is 7.99. The van der Waals surface area contributed by atoms with E-state index in [0.717, 1.165) is 5.56 Å². The van der Waals surface area contributed by atoms with Crippen molar-refractivity contribution in [1.29, 1.82) is 0 Å². The van der Waals surface area contributed by atoms with Crippen LogP contribution in [0.5, 0.6) is 0 Å². The summed E-state index contributed by atoms with van der Waals surface area (Å²) in [5.74, 6) is -2.18. The molecular formula is C14H18O4. The van der Waals surface area contributed by atoms with Gasteiger partial charge in [-0.3, -0.25) is 9.59 Å². The van der Waals surface area contributed by atoms with Crippen LogP contribution in [0.2, 0.25) is 0 Å². The lowest BCUT2D eigenvalue weighted by atomic mass is 9.93. The minimum absolute atomic E-state index is 0.0852. The van der Waals surface area contributed by atoms with E-state index in [-0.39, 0.29) is 18.8 Å². The van der Waals surface area contributed by atoms with Crippen LogP contribution in [0.3, 0.4) is 0 Å². The molecule has 0 amide bonds.